The van der Waals surface area contributed by atoms with Crippen LogP contribution in [0.3, 0.4) is 0 Å². The molecule has 1 aliphatic heterocycles. The summed E-state index contributed by atoms with van der Waals surface area (Å²) in [4.78, 5) is 17.0. The molecule has 1 fully saturated rings. The summed E-state index contributed by atoms with van der Waals surface area (Å²) in [6, 6.07) is 4.60. The maximum Gasteiger partial charge on any atom is 0.225 e. The van der Waals surface area contributed by atoms with Crippen LogP contribution in [0.25, 0.3) is 11.0 Å². The minimum atomic E-state index is -0.289. The third kappa shape index (κ3) is 3.84. The number of halogens is 1. The van der Waals surface area contributed by atoms with E-state index in [2.05, 4.69) is 24.1 Å². The Morgan fingerprint density at radius 3 is 3.04 bits per heavy atom. The van der Waals surface area contributed by atoms with E-state index in [-0.39, 0.29) is 23.7 Å². The van der Waals surface area contributed by atoms with Gasteiger partial charge in [-0.2, -0.15) is 0 Å². The molecule has 1 aliphatic rings. The summed E-state index contributed by atoms with van der Waals surface area (Å²) in [7, 11) is 1.91. The Labute approximate surface area is 147 Å². The molecule has 0 radical (unpaired) electrons. The van der Waals surface area contributed by atoms with Crippen molar-refractivity contribution in [1.82, 2.24) is 14.9 Å². The molecule has 0 aliphatic carbocycles. The monoisotopic (exact) mass is 347 g/mol. The van der Waals surface area contributed by atoms with Gasteiger partial charge in [0, 0.05) is 32.7 Å². The van der Waals surface area contributed by atoms with Crippen LogP contribution in [0.2, 0.25) is 0 Å². The molecule has 2 aromatic rings. The molecule has 2 atom stereocenters. The molecule has 1 saturated heterocycles. The fourth-order valence-electron chi connectivity index (χ4n) is 3.62. The second-order valence-electron chi connectivity index (χ2n) is 7.09. The van der Waals surface area contributed by atoms with Gasteiger partial charge in [-0.05, 0) is 30.9 Å². The van der Waals surface area contributed by atoms with Crippen molar-refractivity contribution in [1.29, 1.82) is 0 Å². The Kier molecular flexibility index (Phi) is 5.37. The van der Waals surface area contributed by atoms with Gasteiger partial charge in [-0.15, -0.1) is 0 Å². The standard InChI is InChI=1S/C19H26FN3O2/c1-12(2)18-14(5-4-10-25-18)19(24)21-9-8-17-22-15-11-13(20)6-7-16(15)23(17)3/h6-7,11-12,14,18H,4-5,8-10H2,1-3H3,(H,21,24). The summed E-state index contributed by atoms with van der Waals surface area (Å²) in [5.41, 5.74) is 1.53. The Balaban J connectivity index is 1.60. The molecule has 0 saturated carbocycles. The summed E-state index contributed by atoms with van der Waals surface area (Å²) >= 11 is 0. The van der Waals surface area contributed by atoms with E-state index >= 15 is 0 Å². The zero-order valence-electron chi connectivity index (χ0n) is 15.1. The van der Waals surface area contributed by atoms with Crippen LogP contribution in [0.1, 0.15) is 32.5 Å². The summed E-state index contributed by atoms with van der Waals surface area (Å²) in [5.74, 6) is 0.848. The van der Waals surface area contributed by atoms with Crippen molar-refractivity contribution in [3.63, 3.8) is 0 Å². The maximum absolute atomic E-state index is 13.3. The van der Waals surface area contributed by atoms with Crippen molar-refractivity contribution < 1.29 is 13.9 Å². The SMILES string of the molecule is CC(C)C1OCCCC1C(=O)NCCc1nc2cc(F)ccc2n1C. The van der Waals surface area contributed by atoms with Gasteiger partial charge in [-0.3, -0.25) is 4.79 Å². The van der Waals surface area contributed by atoms with Crippen molar-refractivity contribution in [3.8, 4) is 0 Å². The first-order chi connectivity index (χ1) is 12.0. The number of ether oxygens (including phenoxy) is 1. The van der Waals surface area contributed by atoms with Gasteiger partial charge in [0.1, 0.15) is 11.6 Å². The Morgan fingerprint density at radius 1 is 1.48 bits per heavy atom. The topological polar surface area (TPSA) is 56.1 Å². The Hall–Kier alpha value is -1.95. The Bertz CT molecular complexity index is 756. The molecule has 6 heteroatoms. The highest BCUT2D eigenvalue weighted by atomic mass is 19.1. The molecule has 3 rings (SSSR count). The number of rotatable bonds is 5. The average Bonchev–Trinajstić information content (AvgIpc) is 2.90. The molecule has 25 heavy (non-hydrogen) atoms. The number of nitrogens with one attached hydrogen (secondary N) is 1. The predicted octanol–water partition coefficient (Wildman–Crippen LogP) is 2.82. The third-order valence-corrected chi connectivity index (χ3v) is 4.94. The van der Waals surface area contributed by atoms with E-state index in [1.165, 1.54) is 12.1 Å². The normalized spacial score (nSPS) is 21.0. The number of carbonyl (C=O) groups is 1. The number of fused-ring (bicyclic) bond motifs is 1. The van der Waals surface area contributed by atoms with Gasteiger partial charge in [0.15, 0.2) is 0 Å². The van der Waals surface area contributed by atoms with Gasteiger partial charge in [-0.1, -0.05) is 13.8 Å². The Morgan fingerprint density at radius 2 is 2.28 bits per heavy atom. The average molecular weight is 347 g/mol. The zero-order chi connectivity index (χ0) is 18.0. The first kappa shape index (κ1) is 17.9. The van der Waals surface area contributed by atoms with Crippen LogP contribution in [0, 0.1) is 17.7 Å². The highest BCUT2D eigenvalue weighted by molar-refractivity contribution is 5.79. The van der Waals surface area contributed by atoms with Crippen molar-refractivity contribution >= 4 is 16.9 Å². The van der Waals surface area contributed by atoms with Gasteiger partial charge in [0.2, 0.25) is 5.91 Å². The lowest BCUT2D eigenvalue weighted by atomic mass is 9.87. The van der Waals surface area contributed by atoms with E-state index in [4.69, 9.17) is 4.74 Å². The van der Waals surface area contributed by atoms with E-state index in [0.29, 0.717) is 24.4 Å². The maximum atomic E-state index is 13.3. The predicted molar refractivity (Wildman–Crippen MR) is 94.7 cm³/mol. The number of aromatic nitrogens is 2. The molecule has 1 N–H and O–H groups in total. The van der Waals surface area contributed by atoms with Crippen molar-refractivity contribution in [2.24, 2.45) is 18.9 Å². The minimum absolute atomic E-state index is 0.00697. The van der Waals surface area contributed by atoms with E-state index in [9.17, 15) is 9.18 Å². The summed E-state index contributed by atoms with van der Waals surface area (Å²) in [5, 5.41) is 3.02. The number of hydrogen-bond donors (Lipinski definition) is 1. The number of benzene rings is 1. The number of carbonyl (C=O) groups excluding carboxylic acids is 1. The lowest BCUT2D eigenvalue weighted by Crippen LogP contribution is -2.44. The fraction of sp³-hybridized carbons (Fsp3) is 0.579. The van der Waals surface area contributed by atoms with Crippen molar-refractivity contribution in [2.45, 2.75) is 39.2 Å². The largest absolute Gasteiger partial charge is 0.377 e. The summed E-state index contributed by atoms with van der Waals surface area (Å²) in [6.45, 7) is 5.44. The van der Waals surface area contributed by atoms with Gasteiger partial charge >= 0.3 is 0 Å². The summed E-state index contributed by atoms with van der Waals surface area (Å²) < 4.78 is 21.1. The molecule has 1 aromatic heterocycles. The molecule has 0 spiro atoms. The first-order valence-corrected chi connectivity index (χ1v) is 8.97. The van der Waals surface area contributed by atoms with Crippen LogP contribution in [0.4, 0.5) is 4.39 Å². The highest BCUT2D eigenvalue weighted by Gasteiger charge is 2.33. The van der Waals surface area contributed by atoms with E-state index in [1.54, 1.807) is 6.07 Å². The van der Waals surface area contributed by atoms with Crippen LogP contribution < -0.4 is 5.32 Å². The lowest BCUT2D eigenvalue weighted by Gasteiger charge is -2.33. The smallest absolute Gasteiger partial charge is 0.225 e. The minimum Gasteiger partial charge on any atom is -0.377 e. The van der Waals surface area contributed by atoms with Crippen LogP contribution in [-0.2, 0) is 23.0 Å². The van der Waals surface area contributed by atoms with Crippen molar-refractivity contribution in [2.75, 3.05) is 13.2 Å². The lowest BCUT2D eigenvalue weighted by molar-refractivity contribution is -0.137. The molecular weight excluding hydrogens is 321 g/mol. The number of imidazole rings is 1. The molecule has 0 bridgehead atoms. The number of amides is 1. The fourth-order valence-corrected chi connectivity index (χ4v) is 3.62. The van der Waals surface area contributed by atoms with Crippen molar-refractivity contribution in [3.05, 3.63) is 29.8 Å². The highest BCUT2D eigenvalue weighted by Crippen LogP contribution is 2.26. The first-order valence-electron chi connectivity index (χ1n) is 8.97. The van der Waals surface area contributed by atoms with Crippen LogP contribution in [0.15, 0.2) is 18.2 Å². The molecular formula is C19H26FN3O2. The molecule has 136 valence electrons. The zero-order valence-corrected chi connectivity index (χ0v) is 15.1. The second kappa shape index (κ2) is 7.52. The van der Waals surface area contributed by atoms with Crippen LogP contribution in [0.5, 0.6) is 0 Å². The molecule has 1 aromatic carbocycles. The number of aryl methyl sites for hydroxylation is 1. The quantitative estimate of drug-likeness (QED) is 0.905. The van der Waals surface area contributed by atoms with E-state index in [0.717, 1.165) is 30.8 Å². The molecule has 1 amide bonds. The third-order valence-electron chi connectivity index (χ3n) is 4.94. The van der Waals surface area contributed by atoms with Gasteiger partial charge in [0.05, 0.1) is 23.1 Å². The van der Waals surface area contributed by atoms with Crippen LogP contribution in [-0.4, -0.2) is 34.7 Å². The van der Waals surface area contributed by atoms with E-state index in [1.807, 2.05) is 11.6 Å². The molecule has 2 unspecified atom stereocenters. The number of nitrogens with zero attached hydrogens (tertiary/aromatic N) is 2. The van der Waals surface area contributed by atoms with E-state index < -0.39 is 0 Å². The molecule has 2 heterocycles. The summed E-state index contributed by atoms with van der Waals surface area (Å²) in [6.07, 6.45) is 2.41. The van der Waals surface area contributed by atoms with Gasteiger partial charge < -0.3 is 14.6 Å². The van der Waals surface area contributed by atoms with Gasteiger partial charge in [0.25, 0.3) is 0 Å². The molecule has 5 nitrogen and oxygen atoms in total. The van der Waals surface area contributed by atoms with Crippen LogP contribution >= 0.6 is 0 Å². The second-order valence-corrected chi connectivity index (χ2v) is 7.09. The number of hydrogen-bond acceptors (Lipinski definition) is 3. The van der Waals surface area contributed by atoms with Gasteiger partial charge in [-0.25, -0.2) is 9.37 Å².